The second-order valence-electron chi connectivity index (χ2n) is 6.80. The average Bonchev–Trinajstić information content (AvgIpc) is 2.76. The van der Waals surface area contributed by atoms with Crippen molar-refractivity contribution in [3.05, 3.63) is 71.3 Å². The first-order chi connectivity index (χ1) is 14.8. The molecule has 9 nitrogen and oxygen atoms in total. The molecule has 0 saturated heterocycles. The predicted octanol–water partition coefficient (Wildman–Crippen LogP) is 1.35. The number of benzene rings is 2. The van der Waals surface area contributed by atoms with Crippen molar-refractivity contribution in [2.45, 2.75) is 38.1 Å². The molecule has 0 heterocycles. The van der Waals surface area contributed by atoms with Gasteiger partial charge in [-0.15, -0.1) is 0 Å². The van der Waals surface area contributed by atoms with E-state index in [1.807, 2.05) is 12.1 Å². The van der Waals surface area contributed by atoms with Crippen molar-refractivity contribution >= 4 is 18.0 Å². The Balaban J connectivity index is 2.02. The van der Waals surface area contributed by atoms with Gasteiger partial charge < -0.3 is 25.6 Å². The molecule has 0 saturated carbocycles. The van der Waals surface area contributed by atoms with Crippen LogP contribution >= 0.6 is 0 Å². The molecule has 2 aromatic carbocycles. The van der Waals surface area contributed by atoms with Gasteiger partial charge in [0.05, 0.1) is 17.7 Å². The second kappa shape index (κ2) is 11.3. The Morgan fingerprint density at radius 2 is 1.71 bits per heavy atom. The fraction of sp³-hybridized carbons (Fsp3) is 0.273. The van der Waals surface area contributed by atoms with Gasteiger partial charge >= 0.3 is 12.1 Å². The number of nitriles is 1. The summed E-state index contributed by atoms with van der Waals surface area (Å²) in [5.74, 6) is -2.22. The summed E-state index contributed by atoms with van der Waals surface area (Å²) in [5.41, 5.74) is 1.47. The topological polar surface area (TPSA) is 149 Å². The molecule has 0 aliphatic heterocycles. The predicted molar refractivity (Wildman–Crippen MR) is 110 cm³/mol. The quantitative estimate of drug-likeness (QED) is 0.474. The maximum atomic E-state index is 12.6. The number of aliphatic hydroxyl groups excluding tert-OH is 1. The van der Waals surface area contributed by atoms with Crippen LogP contribution in [0.25, 0.3) is 0 Å². The molecule has 0 aliphatic rings. The number of alkyl carbamates (subject to hydrolysis) is 1. The molecule has 2 aromatic rings. The van der Waals surface area contributed by atoms with E-state index in [2.05, 4.69) is 10.6 Å². The average molecular weight is 425 g/mol. The molecular formula is C22H23N3O6. The van der Waals surface area contributed by atoms with Crippen LogP contribution in [-0.2, 0) is 27.4 Å². The Bertz CT molecular complexity index is 955. The van der Waals surface area contributed by atoms with Crippen LogP contribution in [0.2, 0.25) is 0 Å². The van der Waals surface area contributed by atoms with Crippen LogP contribution in [0.5, 0.6) is 0 Å². The number of carbonyl (C=O) groups excluding carboxylic acids is 2. The Labute approximate surface area is 179 Å². The van der Waals surface area contributed by atoms with Crippen LogP contribution in [0.15, 0.2) is 54.6 Å². The maximum Gasteiger partial charge on any atom is 0.408 e. The monoisotopic (exact) mass is 425 g/mol. The molecule has 0 radical (unpaired) electrons. The van der Waals surface area contributed by atoms with Crippen molar-refractivity contribution in [1.82, 2.24) is 10.6 Å². The number of aliphatic carboxylic acids is 1. The second-order valence-corrected chi connectivity index (χ2v) is 6.80. The highest BCUT2D eigenvalue weighted by atomic mass is 16.5. The van der Waals surface area contributed by atoms with Crippen LogP contribution in [-0.4, -0.2) is 46.4 Å². The molecule has 0 unspecified atom stereocenters. The number of carboxylic acid groups (broad SMARTS) is 1. The number of nitrogens with one attached hydrogen (secondary N) is 2. The summed E-state index contributed by atoms with van der Waals surface area (Å²) in [6, 6.07) is 14.5. The number of carbonyl (C=O) groups is 3. The first kappa shape index (κ1) is 23.4. The molecule has 0 aliphatic carbocycles. The summed E-state index contributed by atoms with van der Waals surface area (Å²) < 4.78 is 5.04. The van der Waals surface area contributed by atoms with Crippen molar-refractivity contribution in [2.24, 2.45) is 0 Å². The third-order valence-corrected chi connectivity index (χ3v) is 4.43. The summed E-state index contributed by atoms with van der Waals surface area (Å²) >= 11 is 0. The van der Waals surface area contributed by atoms with Crippen LogP contribution in [0.1, 0.15) is 23.6 Å². The van der Waals surface area contributed by atoms with Crippen LogP contribution < -0.4 is 10.6 Å². The summed E-state index contributed by atoms with van der Waals surface area (Å²) in [7, 11) is 0. The first-order valence-corrected chi connectivity index (χ1v) is 9.48. The van der Waals surface area contributed by atoms with Crippen LogP contribution in [0, 0.1) is 11.3 Å². The highest BCUT2D eigenvalue weighted by Gasteiger charge is 2.30. The number of hydrogen-bond acceptors (Lipinski definition) is 6. The van der Waals surface area contributed by atoms with Gasteiger partial charge in [-0.05, 0) is 24.1 Å². The van der Waals surface area contributed by atoms with Gasteiger partial charge in [0.2, 0.25) is 5.91 Å². The van der Waals surface area contributed by atoms with Crippen LogP contribution in [0.4, 0.5) is 4.79 Å². The lowest BCUT2D eigenvalue weighted by Crippen LogP contribution is -2.56. The van der Waals surface area contributed by atoms with Crippen molar-refractivity contribution in [2.75, 3.05) is 0 Å². The molecule has 0 fully saturated rings. The number of aliphatic hydroxyl groups is 1. The molecule has 2 rings (SSSR count). The maximum absolute atomic E-state index is 12.6. The number of hydrogen-bond donors (Lipinski definition) is 4. The Hall–Kier alpha value is -3.90. The summed E-state index contributed by atoms with van der Waals surface area (Å²) in [6.45, 7) is 1.24. The highest BCUT2D eigenvalue weighted by Crippen LogP contribution is 2.11. The zero-order chi connectivity index (χ0) is 22.8. The number of nitrogens with zero attached hydrogens (tertiary/aromatic N) is 1. The molecule has 0 spiro atoms. The van der Waals surface area contributed by atoms with Gasteiger partial charge in [0, 0.05) is 6.42 Å². The molecule has 9 heteroatoms. The minimum absolute atomic E-state index is 0.0382. The molecule has 2 amide bonds. The smallest absolute Gasteiger partial charge is 0.408 e. The van der Waals surface area contributed by atoms with Crippen molar-refractivity contribution in [3.8, 4) is 6.07 Å². The Kier molecular flexibility index (Phi) is 8.54. The molecule has 31 heavy (non-hydrogen) atoms. The number of ether oxygens (including phenoxy) is 1. The van der Waals surface area contributed by atoms with Crippen molar-refractivity contribution in [3.63, 3.8) is 0 Å². The molecule has 162 valence electrons. The van der Waals surface area contributed by atoms with Crippen molar-refractivity contribution in [1.29, 1.82) is 5.26 Å². The van der Waals surface area contributed by atoms with Gasteiger partial charge in [-0.25, -0.2) is 9.59 Å². The van der Waals surface area contributed by atoms with E-state index in [0.717, 1.165) is 5.56 Å². The van der Waals surface area contributed by atoms with E-state index in [0.29, 0.717) is 5.56 Å². The molecule has 0 bridgehead atoms. The summed E-state index contributed by atoms with van der Waals surface area (Å²) in [5, 5.41) is 33.1. The molecular weight excluding hydrogens is 402 g/mol. The number of amides is 2. The number of carboxylic acids is 1. The lowest BCUT2D eigenvalue weighted by atomic mass is 10.0. The van der Waals surface area contributed by atoms with E-state index in [1.54, 1.807) is 48.5 Å². The molecule has 4 N–H and O–H groups in total. The van der Waals surface area contributed by atoms with E-state index in [4.69, 9.17) is 10.00 Å². The SMILES string of the molecule is C[C@@H](O)[C@H](NC(=O)OCc1ccccc1)C(=O)N[C@@H](Cc1ccccc1C#N)C(=O)O. The summed E-state index contributed by atoms with van der Waals surface area (Å²) in [4.78, 5) is 36.3. The normalized spacial score (nSPS) is 13.2. The lowest BCUT2D eigenvalue weighted by molar-refractivity contribution is -0.142. The third kappa shape index (κ3) is 7.13. The zero-order valence-electron chi connectivity index (χ0n) is 16.8. The van der Waals surface area contributed by atoms with Gasteiger partial charge in [-0.2, -0.15) is 5.26 Å². The van der Waals surface area contributed by atoms with Crippen molar-refractivity contribution < 1.29 is 29.3 Å². The van der Waals surface area contributed by atoms with E-state index in [1.165, 1.54) is 6.92 Å². The van der Waals surface area contributed by atoms with Gasteiger partial charge in [-0.1, -0.05) is 48.5 Å². The first-order valence-electron chi connectivity index (χ1n) is 9.48. The van der Waals surface area contributed by atoms with Gasteiger partial charge in [0.1, 0.15) is 18.7 Å². The minimum Gasteiger partial charge on any atom is -0.480 e. The van der Waals surface area contributed by atoms with Gasteiger partial charge in [0.15, 0.2) is 0 Å². The Morgan fingerprint density at radius 3 is 2.32 bits per heavy atom. The van der Waals surface area contributed by atoms with Crippen LogP contribution in [0.3, 0.4) is 0 Å². The van der Waals surface area contributed by atoms with Gasteiger partial charge in [-0.3, -0.25) is 4.79 Å². The summed E-state index contributed by atoms with van der Waals surface area (Å²) in [6.07, 6.45) is -2.40. The van der Waals surface area contributed by atoms with Gasteiger partial charge in [0.25, 0.3) is 0 Å². The zero-order valence-corrected chi connectivity index (χ0v) is 16.8. The molecule has 0 aromatic heterocycles. The largest absolute Gasteiger partial charge is 0.480 e. The van der Waals surface area contributed by atoms with E-state index >= 15 is 0 Å². The van der Waals surface area contributed by atoms with E-state index < -0.39 is 36.2 Å². The number of rotatable bonds is 9. The van der Waals surface area contributed by atoms with E-state index in [-0.39, 0.29) is 18.6 Å². The molecule has 3 atom stereocenters. The minimum atomic E-state index is -1.43. The third-order valence-electron chi connectivity index (χ3n) is 4.43. The Morgan fingerprint density at radius 1 is 1.06 bits per heavy atom. The fourth-order valence-corrected chi connectivity index (χ4v) is 2.79. The fourth-order valence-electron chi connectivity index (χ4n) is 2.79. The lowest BCUT2D eigenvalue weighted by Gasteiger charge is -2.23. The van der Waals surface area contributed by atoms with E-state index in [9.17, 15) is 24.6 Å². The standard InChI is InChI=1S/C22H23N3O6/c1-14(26)19(25-22(30)31-13-15-7-3-2-4-8-15)20(27)24-18(21(28)29)11-16-9-5-6-10-17(16)12-23/h2-10,14,18-19,26H,11,13H2,1H3,(H,24,27)(H,25,30)(H,28,29)/t14-,18+,19+/m1/s1. The highest BCUT2D eigenvalue weighted by molar-refractivity contribution is 5.89.